The molecule has 4 rings (SSSR count). The van der Waals surface area contributed by atoms with E-state index in [2.05, 4.69) is 5.43 Å². The van der Waals surface area contributed by atoms with Gasteiger partial charge in [-0.25, -0.2) is 5.01 Å². The largest absolute Gasteiger partial charge is 0.497 e. The topological polar surface area (TPSA) is 77.1 Å². The molecule has 0 radical (unpaired) electrons. The lowest BCUT2D eigenvalue weighted by molar-refractivity contribution is -0.117. The van der Waals surface area contributed by atoms with Gasteiger partial charge in [-0.2, -0.15) is 0 Å². The van der Waals surface area contributed by atoms with Gasteiger partial charge in [-0.15, -0.1) is 0 Å². The number of hydrogen-bond acceptors (Lipinski definition) is 5. The Bertz CT molecular complexity index is 1130. The summed E-state index contributed by atoms with van der Waals surface area (Å²) in [6.07, 6.45) is 1.57. The SMILES string of the molecule is COc1cccc(OCCOc2ccc(/C=C3\C(=O)NN(c4ccccc4)C3=O)cc2)c1. The number of hydrogen-bond donors (Lipinski definition) is 1. The van der Waals surface area contributed by atoms with Crippen molar-refractivity contribution in [3.63, 3.8) is 0 Å². The molecule has 1 fully saturated rings. The van der Waals surface area contributed by atoms with Crippen molar-refractivity contribution in [3.8, 4) is 17.2 Å². The minimum absolute atomic E-state index is 0.0780. The summed E-state index contributed by atoms with van der Waals surface area (Å²) in [7, 11) is 1.61. The van der Waals surface area contributed by atoms with Crippen LogP contribution >= 0.6 is 0 Å². The highest BCUT2D eigenvalue weighted by Gasteiger charge is 2.34. The van der Waals surface area contributed by atoms with Crippen LogP contribution in [0.15, 0.2) is 84.4 Å². The van der Waals surface area contributed by atoms with Gasteiger partial charge in [0.05, 0.1) is 12.8 Å². The number of para-hydroxylation sites is 1. The lowest BCUT2D eigenvalue weighted by Crippen LogP contribution is -2.35. The average molecular weight is 430 g/mol. The number of carbonyl (C=O) groups excluding carboxylic acids is 2. The fraction of sp³-hybridized carbons (Fsp3) is 0.120. The quantitative estimate of drug-likeness (QED) is 0.336. The normalized spacial score (nSPS) is 14.4. The number of hydrazine groups is 1. The summed E-state index contributed by atoms with van der Waals surface area (Å²) in [4.78, 5) is 24.9. The number of carbonyl (C=O) groups is 2. The lowest BCUT2D eigenvalue weighted by Gasteiger charge is -2.13. The Balaban J connectivity index is 1.33. The molecule has 1 aliphatic heterocycles. The predicted molar refractivity (Wildman–Crippen MR) is 120 cm³/mol. The highest BCUT2D eigenvalue weighted by Crippen LogP contribution is 2.22. The van der Waals surface area contributed by atoms with Crippen molar-refractivity contribution in [1.82, 2.24) is 5.43 Å². The van der Waals surface area contributed by atoms with Crippen molar-refractivity contribution in [2.24, 2.45) is 0 Å². The maximum absolute atomic E-state index is 12.6. The number of methoxy groups -OCH3 is 1. The first-order valence-electron chi connectivity index (χ1n) is 10.1. The van der Waals surface area contributed by atoms with Crippen LogP contribution in [0.1, 0.15) is 5.56 Å². The van der Waals surface area contributed by atoms with Crippen LogP contribution in [0.4, 0.5) is 5.69 Å². The molecule has 3 aromatic rings. The summed E-state index contributed by atoms with van der Waals surface area (Å²) in [5.74, 6) is 1.27. The average Bonchev–Trinajstić information content (AvgIpc) is 3.12. The Hall–Kier alpha value is -4.26. The minimum atomic E-state index is -0.436. The molecule has 2 amide bonds. The highest BCUT2D eigenvalue weighted by atomic mass is 16.5. The first kappa shape index (κ1) is 21.0. The molecule has 0 bridgehead atoms. The summed E-state index contributed by atoms with van der Waals surface area (Å²) in [6, 6.07) is 23.5. The minimum Gasteiger partial charge on any atom is -0.497 e. The molecule has 7 heteroatoms. The van der Waals surface area contributed by atoms with Crippen LogP contribution in [-0.4, -0.2) is 32.1 Å². The number of nitrogens with one attached hydrogen (secondary N) is 1. The Morgan fingerprint density at radius 2 is 1.50 bits per heavy atom. The standard InChI is InChI=1S/C25H22N2O5/c1-30-21-8-5-9-22(17-21)32-15-14-31-20-12-10-18(11-13-20)16-23-24(28)26-27(25(23)29)19-6-3-2-4-7-19/h2-13,16-17H,14-15H2,1H3,(H,26,28)/b23-16+. The van der Waals surface area contributed by atoms with E-state index < -0.39 is 11.8 Å². The molecule has 0 aromatic heterocycles. The van der Waals surface area contributed by atoms with Gasteiger partial charge in [0, 0.05) is 6.07 Å². The smallest absolute Gasteiger partial charge is 0.282 e. The van der Waals surface area contributed by atoms with Gasteiger partial charge >= 0.3 is 0 Å². The molecule has 1 N–H and O–H groups in total. The predicted octanol–water partition coefficient (Wildman–Crippen LogP) is 3.61. The molecular formula is C25H22N2O5. The molecule has 0 saturated carbocycles. The fourth-order valence-corrected chi connectivity index (χ4v) is 3.15. The van der Waals surface area contributed by atoms with E-state index >= 15 is 0 Å². The first-order valence-corrected chi connectivity index (χ1v) is 10.1. The van der Waals surface area contributed by atoms with Gasteiger partial charge in [0.25, 0.3) is 11.8 Å². The first-order chi connectivity index (χ1) is 15.6. The Morgan fingerprint density at radius 3 is 2.22 bits per heavy atom. The molecule has 0 spiro atoms. The van der Waals surface area contributed by atoms with Crippen molar-refractivity contribution < 1.29 is 23.8 Å². The molecular weight excluding hydrogens is 408 g/mol. The third-order valence-electron chi connectivity index (χ3n) is 4.76. The van der Waals surface area contributed by atoms with E-state index in [0.29, 0.717) is 30.4 Å². The van der Waals surface area contributed by atoms with Crippen molar-refractivity contribution >= 4 is 23.6 Å². The maximum atomic E-state index is 12.6. The van der Waals surface area contributed by atoms with Crippen LogP contribution in [0.2, 0.25) is 0 Å². The van der Waals surface area contributed by atoms with E-state index in [1.807, 2.05) is 30.3 Å². The number of rotatable bonds is 8. The summed E-state index contributed by atoms with van der Waals surface area (Å²) in [5.41, 5.74) is 3.99. The van der Waals surface area contributed by atoms with Gasteiger partial charge in [-0.05, 0) is 48.0 Å². The van der Waals surface area contributed by atoms with Crippen molar-refractivity contribution in [1.29, 1.82) is 0 Å². The highest BCUT2D eigenvalue weighted by molar-refractivity contribution is 6.31. The second-order valence-corrected chi connectivity index (χ2v) is 6.92. The molecule has 1 heterocycles. The second-order valence-electron chi connectivity index (χ2n) is 6.92. The molecule has 32 heavy (non-hydrogen) atoms. The molecule has 3 aromatic carbocycles. The molecule has 7 nitrogen and oxygen atoms in total. The number of nitrogens with zero attached hydrogens (tertiary/aromatic N) is 1. The zero-order valence-electron chi connectivity index (χ0n) is 17.5. The summed E-state index contributed by atoms with van der Waals surface area (Å²) in [5, 5.41) is 1.24. The number of amides is 2. The summed E-state index contributed by atoms with van der Waals surface area (Å²) >= 11 is 0. The van der Waals surface area contributed by atoms with E-state index in [-0.39, 0.29) is 5.57 Å². The Morgan fingerprint density at radius 1 is 0.812 bits per heavy atom. The van der Waals surface area contributed by atoms with Crippen LogP contribution < -0.4 is 24.6 Å². The molecule has 0 aliphatic carbocycles. The number of ether oxygens (including phenoxy) is 3. The monoisotopic (exact) mass is 430 g/mol. The summed E-state index contributed by atoms with van der Waals surface area (Å²) in [6.45, 7) is 0.744. The van der Waals surface area contributed by atoms with E-state index in [1.165, 1.54) is 5.01 Å². The zero-order valence-corrected chi connectivity index (χ0v) is 17.5. The van der Waals surface area contributed by atoms with Gasteiger partial charge in [-0.3, -0.25) is 15.0 Å². The molecule has 1 aliphatic rings. The number of benzene rings is 3. The van der Waals surface area contributed by atoms with Crippen LogP contribution in [0.25, 0.3) is 6.08 Å². The van der Waals surface area contributed by atoms with E-state index in [9.17, 15) is 9.59 Å². The Kier molecular flexibility index (Phi) is 6.36. The molecule has 0 atom stereocenters. The second kappa shape index (κ2) is 9.70. The maximum Gasteiger partial charge on any atom is 0.282 e. The van der Waals surface area contributed by atoms with Crippen molar-refractivity contribution in [3.05, 3.63) is 90.0 Å². The van der Waals surface area contributed by atoms with Gasteiger partial charge in [0.1, 0.15) is 36.0 Å². The van der Waals surface area contributed by atoms with E-state index in [0.717, 1.165) is 11.3 Å². The van der Waals surface area contributed by atoms with Gasteiger partial charge in [0.2, 0.25) is 0 Å². The van der Waals surface area contributed by atoms with Crippen molar-refractivity contribution in [2.75, 3.05) is 25.3 Å². The van der Waals surface area contributed by atoms with Crippen LogP contribution in [-0.2, 0) is 9.59 Å². The van der Waals surface area contributed by atoms with Gasteiger partial charge in [-0.1, -0.05) is 36.4 Å². The zero-order chi connectivity index (χ0) is 22.3. The van der Waals surface area contributed by atoms with Crippen molar-refractivity contribution in [2.45, 2.75) is 0 Å². The lowest BCUT2D eigenvalue weighted by atomic mass is 10.1. The van der Waals surface area contributed by atoms with E-state index in [4.69, 9.17) is 14.2 Å². The van der Waals surface area contributed by atoms with Crippen LogP contribution in [0.3, 0.4) is 0 Å². The molecule has 1 saturated heterocycles. The van der Waals surface area contributed by atoms with Crippen LogP contribution in [0, 0.1) is 0 Å². The van der Waals surface area contributed by atoms with Gasteiger partial charge in [0.15, 0.2) is 0 Å². The third kappa shape index (κ3) is 4.89. The third-order valence-corrected chi connectivity index (χ3v) is 4.76. The van der Waals surface area contributed by atoms with E-state index in [1.54, 1.807) is 61.7 Å². The molecule has 0 unspecified atom stereocenters. The molecule has 162 valence electrons. The fourth-order valence-electron chi connectivity index (χ4n) is 3.15. The Labute approximate surface area is 185 Å². The number of anilines is 1. The van der Waals surface area contributed by atoms with Gasteiger partial charge < -0.3 is 14.2 Å². The van der Waals surface area contributed by atoms with Crippen LogP contribution in [0.5, 0.6) is 17.2 Å². The summed E-state index contributed by atoms with van der Waals surface area (Å²) < 4.78 is 16.5.